The zero-order chi connectivity index (χ0) is 10.1. The van der Waals surface area contributed by atoms with E-state index in [-0.39, 0.29) is 12.7 Å². The fraction of sp³-hybridized carbons (Fsp3) is 1.00. The van der Waals surface area contributed by atoms with Crippen molar-refractivity contribution in [1.82, 2.24) is 0 Å². The van der Waals surface area contributed by atoms with E-state index >= 15 is 0 Å². The predicted octanol–water partition coefficient (Wildman–Crippen LogP) is 1.24. The van der Waals surface area contributed by atoms with Crippen molar-refractivity contribution in [2.75, 3.05) is 19.0 Å². The summed E-state index contributed by atoms with van der Waals surface area (Å²) in [5.74, 6) is 0.558. The molecule has 0 aromatic heterocycles. The summed E-state index contributed by atoms with van der Waals surface area (Å²) in [6, 6.07) is 0. The Morgan fingerprint density at radius 2 is 2.15 bits per heavy atom. The Bertz CT molecular complexity index is 111. The number of thioether (sulfide) groups is 1. The number of hydrogen-bond acceptors (Lipinski definition) is 4. The van der Waals surface area contributed by atoms with Gasteiger partial charge in [-0.2, -0.15) is 0 Å². The van der Waals surface area contributed by atoms with Crippen molar-refractivity contribution in [2.24, 2.45) is 0 Å². The molecule has 4 heteroatoms. The van der Waals surface area contributed by atoms with Crippen molar-refractivity contribution in [3.63, 3.8) is 0 Å². The van der Waals surface area contributed by atoms with Crippen LogP contribution < -0.4 is 0 Å². The van der Waals surface area contributed by atoms with Crippen LogP contribution in [0.4, 0.5) is 0 Å². The van der Waals surface area contributed by atoms with Crippen LogP contribution >= 0.6 is 11.8 Å². The van der Waals surface area contributed by atoms with Crippen LogP contribution in [0.15, 0.2) is 0 Å². The second-order valence-electron chi connectivity index (χ2n) is 2.91. The summed E-state index contributed by atoms with van der Waals surface area (Å²) in [4.78, 5) is 0. The lowest BCUT2D eigenvalue weighted by Gasteiger charge is -2.18. The molecule has 0 radical (unpaired) electrons. The maximum atomic E-state index is 9.47. The Balaban J connectivity index is 3.38. The summed E-state index contributed by atoms with van der Waals surface area (Å²) in [6.45, 7) is 4.76. The lowest BCUT2D eigenvalue weighted by molar-refractivity contribution is 0.00940. The summed E-state index contributed by atoms with van der Waals surface area (Å²) in [6.07, 6.45) is 1.98. The average molecular weight is 208 g/mol. The van der Waals surface area contributed by atoms with E-state index < -0.39 is 5.44 Å². The average Bonchev–Trinajstić information content (AvgIpc) is 2.14. The predicted molar refractivity (Wildman–Crippen MR) is 55.9 cm³/mol. The highest BCUT2D eigenvalue weighted by Crippen LogP contribution is 2.13. The van der Waals surface area contributed by atoms with E-state index in [1.54, 1.807) is 0 Å². The van der Waals surface area contributed by atoms with E-state index in [2.05, 4.69) is 6.92 Å². The number of aliphatic hydroxyl groups is 2. The van der Waals surface area contributed by atoms with E-state index in [4.69, 9.17) is 9.84 Å². The molecule has 0 saturated heterocycles. The Morgan fingerprint density at radius 3 is 2.69 bits per heavy atom. The number of ether oxygens (including phenoxy) is 1. The first kappa shape index (κ1) is 13.2. The fourth-order valence-electron chi connectivity index (χ4n) is 0.805. The molecule has 13 heavy (non-hydrogen) atoms. The van der Waals surface area contributed by atoms with Gasteiger partial charge in [0.2, 0.25) is 0 Å². The molecule has 0 spiro atoms. The standard InChI is InChI=1S/C9H20O3S/c1-3-4-6-12-8(2)9(11)13-7-5-10/h8-11H,3-7H2,1-2H3. The SMILES string of the molecule is CCCCOC(C)C(O)SCCO. The Labute approximate surface area is 84.5 Å². The maximum Gasteiger partial charge on any atom is 0.125 e. The number of hydrogen-bond donors (Lipinski definition) is 2. The highest BCUT2D eigenvalue weighted by atomic mass is 32.2. The number of unbranched alkanes of at least 4 members (excludes halogenated alkanes) is 1. The Kier molecular flexibility index (Phi) is 8.97. The quantitative estimate of drug-likeness (QED) is 0.465. The summed E-state index contributed by atoms with van der Waals surface area (Å²) in [7, 11) is 0. The van der Waals surface area contributed by atoms with Gasteiger partial charge in [-0.05, 0) is 13.3 Å². The molecule has 0 bridgehead atoms. The molecule has 0 aliphatic rings. The van der Waals surface area contributed by atoms with Crippen LogP contribution in [0.1, 0.15) is 26.7 Å². The number of rotatable bonds is 8. The van der Waals surface area contributed by atoms with Crippen LogP contribution in [0.25, 0.3) is 0 Å². The molecule has 3 nitrogen and oxygen atoms in total. The molecular weight excluding hydrogens is 188 g/mol. The topological polar surface area (TPSA) is 49.7 Å². The van der Waals surface area contributed by atoms with Gasteiger partial charge in [0.15, 0.2) is 0 Å². The normalized spacial score (nSPS) is 15.7. The van der Waals surface area contributed by atoms with Crippen LogP contribution in [-0.4, -0.2) is 40.7 Å². The van der Waals surface area contributed by atoms with Crippen molar-refractivity contribution >= 4 is 11.8 Å². The van der Waals surface area contributed by atoms with Gasteiger partial charge < -0.3 is 14.9 Å². The second-order valence-corrected chi connectivity index (χ2v) is 4.14. The third-order valence-corrected chi connectivity index (χ3v) is 2.80. The molecule has 0 heterocycles. The first-order valence-electron chi connectivity index (χ1n) is 4.74. The molecule has 2 N–H and O–H groups in total. The molecule has 0 rings (SSSR count). The van der Waals surface area contributed by atoms with Gasteiger partial charge in [-0.25, -0.2) is 0 Å². The molecule has 0 aromatic carbocycles. The Morgan fingerprint density at radius 1 is 1.46 bits per heavy atom. The van der Waals surface area contributed by atoms with Gasteiger partial charge in [0, 0.05) is 12.4 Å². The van der Waals surface area contributed by atoms with Gasteiger partial charge in [0.05, 0.1) is 12.7 Å². The summed E-state index contributed by atoms with van der Waals surface area (Å²) >= 11 is 1.32. The van der Waals surface area contributed by atoms with E-state index in [9.17, 15) is 5.11 Å². The van der Waals surface area contributed by atoms with Gasteiger partial charge in [-0.3, -0.25) is 0 Å². The van der Waals surface area contributed by atoms with E-state index in [1.807, 2.05) is 6.92 Å². The van der Waals surface area contributed by atoms with Gasteiger partial charge >= 0.3 is 0 Å². The van der Waals surface area contributed by atoms with Crippen molar-refractivity contribution < 1.29 is 14.9 Å². The van der Waals surface area contributed by atoms with Crippen LogP contribution in [-0.2, 0) is 4.74 Å². The smallest absolute Gasteiger partial charge is 0.125 e. The van der Waals surface area contributed by atoms with Crippen LogP contribution in [0.3, 0.4) is 0 Å². The molecule has 2 unspecified atom stereocenters. The Hall–Kier alpha value is 0.230. The summed E-state index contributed by atoms with van der Waals surface area (Å²) in [5, 5.41) is 18.0. The zero-order valence-corrected chi connectivity index (χ0v) is 9.22. The number of aliphatic hydroxyl groups excluding tert-OH is 2. The van der Waals surface area contributed by atoms with E-state index in [0.29, 0.717) is 12.4 Å². The molecule has 0 fully saturated rings. The second kappa shape index (κ2) is 8.81. The minimum Gasteiger partial charge on any atom is -0.396 e. The highest BCUT2D eigenvalue weighted by Gasteiger charge is 2.13. The minimum absolute atomic E-state index is 0.101. The minimum atomic E-state index is -0.524. The van der Waals surface area contributed by atoms with E-state index in [1.165, 1.54) is 11.8 Å². The van der Waals surface area contributed by atoms with Crippen molar-refractivity contribution in [2.45, 2.75) is 38.2 Å². The monoisotopic (exact) mass is 208 g/mol. The largest absolute Gasteiger partial charge is 0.396 e. The zero-order valence-electron chi connectivity index (χ0n) is 8.40. The first-order chi connectivity index (χ1) is 6.22. The van der Waals surface area contributed by atoms with Crippen molar-refractivity contribution in [1.29, 1.82) is 0 Å². The third kappa shape index (κ3) is 7.31. The molecule has 0 aliphatic heterocycles. The third-order valence-electron chi connectivity index (χ3n) is 1.66. The summed E-state index contributed by atoms with van der Waals surface area (Å²) in [5.41, 5.74) is -0.524. The van der Waals surface area contributed by atoms with Crippen molar-refractivity contribution in [3.8, 4) is 0 Å². The van der Waals surface area contributed by atoms with Gasteiger partial charge in [-0.1, -0.05) is 13.3 Å². The van der Waals surface area contributed by atoms with Crippen molar-refractivity contribution in [3.05, 3.63) is 0 Å². The fourth-order valence-corrected chi connectivity index (χ4v) is 1.50. The van der Waals surface area contributed by atoms with E-state index in [0.717, 1.165) is 12.8 Å². The molecule has 0 saturated carbocycles. The van der Waals surface area contributed by atoms with Gasteiger partial charge in [-0.15, -0.1) is 11.8 Å². The van der Waals surface area contributed by atoms with Crippen LogP contribution in [0.2, 0.25) is 0 Å². The van der Waals surface area contributed by atoms with Gasteiger partial charge in [0.1, 0.15) is 5.44 Å². The molecular formula is C9H20O3S. The van der Waals surface area contributed by atoms with Crippen LogP contribution in [0, 0.1) is 0 Å². The maximum absolute atomic E-state index is 9.47. The highest BCUT2D eigenvalue weighted by molar-refractivity contribution is 7.99. The van der Waals surface area contributed by atoms with Crippen LogP contribution in [0.5, 0.6) is 0 Å². The lowest BCUT2D eigenvalue weighted by Crippen LogP contribution is -2.24. The molecule has 0 amide bonds. The first-order valence-corrected chi connectivity index (χ1v) is 5.79. The molecule has 80 valence electrons. The molecule has 2 atom stereocenters. The molecule has 0 aliphatic carbocycles. The lowest BCUT2D eigenvalue weighted by atomic mass is 10.3. The van der Waals surface area contributed by atoms with Gasteiger partial charge in [0.25, 0.3) is 0 Å². The molecule has 0 aromatic rings. The summed E-state index contributed by atoms with van der Waals surface area (Å²) < 4.78 is 5.39.